The van der Waals surface area contributed by atoms with Gasteiger partial charge in [0, 0.05) is 32.8 Å². The van der Waals surface area contributed by atoms with Crippen molar-refractivity contribution >= 4 is 20.6 Å². The number of nitrogens with one attached hydrogen (secondary N) is 1. The molecule has 0 aliphatic rings. The first-order chi connectivity index (χ1) is 9.84. The third-order valence-electron chi connectivity index (χ3n) is 2.95. The topological polar surface area (TPSA) is 120 Å². The molecule has 0 fully saturated rings. The maximum Gasteiger partial charge on any atom is 0.334 e. The number of rotatable bonds is 11. The standard InChI is InChI=1S/C12H28N4O4Si/c1-4-19-21(3,20-5-2)10-6-8-16(12(14)18)9-7-15-11(13)17/h4-10H2,1-3H3,(H2,14,18)(H3,13,15,17). The van der Waals surface area contributed by atoms with Gasteiger partial charge in [-0.05, 0) is 32.9 Å². The van der Waals surface area contributed by atoms with Crippen molar-refractivity contribution in [2.45, 2.75) is 32.9 Å². The lowest BCUT2D eigenvalue weighted by molar-refractivity contribution is 0.184. The minimum absolute atomic E-state index is 0.282. The first-order valence-corrected chi connectivity index (χ1v) is 9.72. The van der Waals surface area contributed by atoms with Crippen LogP contribution >= 0.6 is 0 Å². The van der Waals surface area contributed by atoms with E-state index in [1.165, 1.54) is 4.90 Å². The van der Waals surface area contributed by atoms with Crippen LogP contribution in [0.15, 0.2) is 0 Å². The molecule has 0 aliphatic heterocycles. The highest BCUT2D eigenvalue weighted by molar-refractivity contribution is 6.66. The molecule has 0 aromatic carbocycles. The van der Waals surface area contributed by atoms with E-state index in [0.29, 0.717) is 26.3 Å². The summed E-state index contributed by atoms with van der Waals surface area (Å²) in [5.74, 6) is 0. The fourth-order valence-electron chi connectivity index (χ4n) is 2.03. The molecule has 4 amide bonds. The summed E-state index contributed by atoms with van der Waals surface area (Å²) in [7, 11) is -2.17. The lowest BCUT2D eigenvalue weighted by Crippen LogP contribution is -2.44. The average Bonchev–Trinajstić information content (AvgIpc) is 2.36. The molecular weight excluding hydrogens is 292 g/mol. The summed E-state index contributed by atoms with van der Waals surface area (Å²) in [5, 5.41) is 2.43. The second kappa shape index (κ2) is 10.4. The van der Waals surface area contributed by atoms with Crippen molar-refractivity contribution in [1.82, 2.24) is 10.2 Å². The van der Waals surface area contributed by atoms with E-state index in [1.54, 1.807) is 0 Å². The van der Waals surface area contributed by atoms with Crippen molar-refractivity contribution in [3.63, 3.8) is 0 Å². The highest BCUT2D eigenvalue weighted by Crippen LogP contribution is 2.16. The third kappa shape index (κ3) is 9.27. The molecule has 0 aliphatic carbocycles. The molecule has 8 nitrogen and oxygen atoms in total. The number of hydrogen-bond acceptors (Lipinski definition) is 4. The average molecular weight is 320 g/mol. The molecular formula is C12H28N4O4Si. The van der Waals surface area contributed by atoms with Crippen LogP contribution in [-0.2, 0) is 8.85 Å². The van der Waals surface area contributed by atoms with Crippen molar-refractivity contribution in [2.24, 2.45) is 11.5 Å². The number of nitrogens with zero attached hydrogens (tertiary/aromatic N) is 1. The molecule has 0 spiro atoms. The van der Waals surface area contributed by atoms with Gasteiger partial charge in [-0.25, -0.2) is 9.59 Å². The minimum Gasteiger partial charge on any atom is -0.395 e. The fraction of sp³-hybridized carbons (Fsp3) is 0.833. The summed E-state index contributed by atoms with van der Waals surface area (Å²) in [6, 6.07) is -0.355. The maximum absolute atomic E-state index is 11.3. The Labute approximate surface area is 127 Å². The van der Waals surface area contributed by atoms with Gasteiger partial charge in [0.25, 0.3) is 0 Å². The molecule has 0 bridgehead atoms. The second-order valence-corrected chi connectivity index (χ2v) is 8.06. The van der Waals surface area contributed by atoms with E-state index in [-0.39, 0.29) is 6.54 Å². The molecule has 5 N–H and O–H groups in total. The summed E-state index contributed by atoms with van der Waals surface area (Å²) < 4.78 is 11.5. The zero-order valence-corrected chi connectivity index (χ0v) is 14.2. The number of urea groups is 2. The largest absolute Gasteiger partial charge is 0.395 e. The smallest absolute Gasteiger partial charge is 0.334 e. The molecule has 0 aromatic heterocycles. The van der Waals surface area contributed by atoms with Gasteiger partial charge >= 0.3 is 20.6 Å². The molecule has 0 saturated heterocycles. The van der Waals surface area contributed by atoms with Crippen LogP contribution in [0.1, 0.15) is 20.3 Å². The van der Waals surface area contributed by atoms with Crippen LogP contribution in [0.4, 0.5) is 9.59 Å². The predicted molar refractivity (Wildman–Crippen MR) is 83.0 cm³/mol. The quantitative estimate of drug-likeness (QED) is 0.482. The second-order valence-electron chi connectivity index (χ2n) is 4.72. The first-order valence-electron chi connectivity index (χ1n) is 7.20. The van der Waals surface area contributed by atoms with E-state index in [2.05, 4.69) is 5.32 Å². The van der Waals surface area contributed by atoms with Crippen LogP contribution in [0.2, 0.25) is 12.6 Å². The Morgan fingerprint density at radius 1 is 1.14 bits per heavy atom. The lowest BCUT2D eigenvalue weighted by Gasteiger charge is -2.27. The van der Waals surface area contributed by atoms with Crippen LogP contribution in [0.25, 0.3) is 0 Å². The van der Waals surface area contributed by atoms with E-state index in [4.69, 9.17) is 20.3 Å². The van der Waals surface area contributed by atoms with Crippen LogP contribution in [0, 0.1) is 0 Å². The fourth-order valence-corrected chi connectivity index (χ4v) is 4.43. The normalized spacial score (nSPS) is 11.2. The van der Waals surface area contributed by atoms with Gasteiger partial charge in [0.15, 0.2) is 0 Å². The molecule has 21 heavy (non-hydrogen) atoms. The van der Waals surface area contributed by atoms with Crippen molar-refractivity contribution in [3.05, 3.63) is 0 Å². The highest BCUT2D eigenvalue weighted by atomic mass is 28.4. The van der Waals surface area contributed by atoms with E-state index in [9.17, 15) is 9.59 Å². The SMILES string of the molecule is CCO[Si](C)(CCCN(CCNC(N)=O)C(N)=O)OCC. The van der Waals surface area contributed by atoms with E-state index < -0.39 is 20.6 Å². The molecule has 9 heteroatoms. The third-order valence-corrected chi connectivity index (χ3v) is 6.01. The van der Waals surface area contributed by atoms with Crippen LogP contribution in [0.3, 0.4) is 0 Å². The van der Waals surface area contributed by atoms with E-state index in [1.807, 2.05) is 20.4 Å². The Hall–Kier alpha value is -1.32. The van der Waals surface area contributed by atoms with Crippen molar-refractivity contribution < 1.29 is 18.4 Å². The van der Waals surface area contributed by atoms with Gasteiger partial charge in [-0.2, -0.15) is 0 Å². The van der Waals surface area contributed by atoms with Crippen LogP contribution in [-0.4, -0.2) is 58.4 Å². The highest BCUT2D eigenvalue weighted by Gasteiger charge is 2.30. The van der Waals surface area contributed by atoms with Gasteiger partial charge in [0.1, 0.15) is 0 Å². The van der Waals surface area contributed by atoms with Crippen LogP contribution in [0.5, 0.6) is 0 Å². The zero-order chi connectivity index (χ0) is 16.3. The Morgan fingerprint density at radius 3 is 2.14 bits per heavy atom. The van der Waals surface area contributed by atoms with Gasteiger partial charge in [0.2, 0.25) is 0 Å². The molecule has 0 rings (SSSR count). The molecule has 0 saturated carbocycles. The Balaban J connectivity index is 4.22. The number of primary amides is 2. The number of carbonyl (C=O) groups is 2. The molecule has 0 heterocycles. The Kier molecular flexibility index (Phi) is 9.75. The monoisotopic (exact) mass is 320 g/mol. The molecule has 0 radical (unpaired) electrons. The summed E-state index contributed by atoms with van der Waals surface area (Å²) >= 11 is 0. The summed E-state index contributed by atoms with van der Waals surface area (Å²) in [5.41, 5.74) is 10.3. The number of carbonyl (C=O) groups excluding carboxylic acids is 2. The van der Waals surface area contributed by atoms with E-state index >= 15 is 0 Å². The van der Waals surface area contributed by atoms with E-state index in [0.717, 1.165) is 12.5 Å². The summed E-state index contributed by atoms with van der Waals surface area (Å²) in [4.78, 5) is 23.4. The van der Waals surface area contributed by atoms with Gasteiger partial charge in [-0.15, -0.1) is 0 Å². The number of amides is 4. The molecule has 0 aromatic rings. The Morgan fingerprint density at radius 2 is 1.71 bits per heavy atom. The first kappa shape index (κ1) is 19.7. The maximum atomic E-state index is 11.3. The molecule has 0 atom stereocenters. The van der Waals surface area contributed by atoms with Crippen molar-refractivity contribution in [2.75, 3.05) is 32.8 Å². The summed E-state index contributed by atoms with van der Waals surface area (Å²) in [6.45, 7) is 8.24. The summed E-state index contributed by atoms with van der Waals surface area (Å²) in [6.07, 6.45) is 0.738. The van der Waals surface area contributed by atoms with Gasteiger partial charge in [-0.1, -0.05) is 0 Å². The molecule has 124 valence electrons. The predicted octanol–water partition coefficient (Wildman–Crippen LogP) is 0.571. The van der Waals surface area contributed by atoms with Gasteiger partial charge in [-0.3, -0.25) is 0 Å². The van der Waals surface area contributed by atoms with Crippen molar-refractivity contribution in [1.29, 1.82) is 0 Å². The zero-order valence-electron chi connectivity index (χ0n) is 13.2. The Bertz CT molecular complexity index is 324. The lowest BCUT2D eigenvalue weighted by atomic mass is 10.4. The molecule has 0 unspecified atom stereocenters. The van der Waals surface area contributed by atoms with Crippen molar-refractivity contribution in [3.8, 4) is 0 Å². The minimum atomic E-state index is -2.17. The number of hydrogen-bond donors (Lipinski definition) is 3. The van der Waals surface area contributed by atoms with Gasteiger partial charge < -0.3 is 30.5 Å². The van der Waals surface area contributed by atoms with Crippen LogP contribution < -0.4 is 16.8 Å². The number of nitrogens with two attached hydrogens (primary N) is 2. The van der Waals surface area contributed by atoms with Gasteiger partial charge in [0.05, 0.1) is 0 Å².